The molecule has 1 aliphatic rings. The molecule has 0 saturated carbocycles. The number of anilines is 1. The zero-order chi connectivity index (χ0) is 16.9. The van der Waals surface area contributed by atoms with Gasteiger partial charge in [-0.1, -0.05) is 30.3 Å². The van der Waals surface area contributed by atoms with E-state index in [1.165, 1.54) is 5.56 Å². The predicted octanol–water partition coefficient (Wildman–Crippen LogP) is 3.02. The van der Waals surface area contributed by atoms with Crippen molar-refractivity contribution in [2.75, 3.05) is 11.9 Å². The number of nitrogens with two attached hydrogens (primary N) is 1. The molecule has 3 amide bonds. The van der Waals surface area contributed by atoms with E-state index in [0.717, 1.165) is 25.8 Å². The topological polar surface area (TPSA) is 75.4 Å². The summed E-state index contributed by atoms with van der Waals surface area (Å²) >= 11 is 0. The molecule has 1 atom stereocenters. The molecule has 3 rings (SSSR count). The lowest BCUT2D eigenvalue weighted by molar-refractivity contribution is 0.0736. The van der Waals surface area contributed by atoms with Gasteiger partial charge in [0.2, 0.25) is 0 Å². The maximum Gasteiger partial charge on any atom is 0.316 e. The van der Waals surface area contributed by atoms with Gasteiger partial charge in [-0.2, -0.15) is 0 Å². The van der Waals surface area contributed by atoms with Gasteiger partial charge >= 0.3 is 6.03 Å². The van der Waals surface area contributed by atoms with Crippen LogP contribution < -0.4 is 11.1 Å². The fourth-order valence-corrected chi connectivity index (χ4v) is 3.21. The van der Waals surface area contributed by atoms with Crippen molar-refractivity contribution in [2.24, 2.45) is 5.73 Å². The largest absolute Gasteiger partial charge is 0.351 e. The first kappa shape index (κ1) is 16.1. The molecule has 24 heavy (non-hydrogen) atoms. The molecule has 2 aromatic rings. The molecule has 0 radical (unpaired) electrons. The zero-order valence-corrected chi connectivity index (χ0v) is 13.4. The second kappa shape index (κ2) is 7.17. The number of hydrogen-bond donors (Lipinski definition) is 2. The molecule has 1 heterocycles. The quantitative estimate of drug-likeness (QED) is 0.907. The summed E-state index contributed by atoms with van der Waals surface area (Å²) in [7, 11) is 0. The maximum absolute atomic E-state index is 12.8. The molecule has 5 nitrogen and oxygen atoms in total. The summed E-state index contributed by atoms with van der Waals surface area (Å²) in [5, 5.41) is 2.50. The predicted molar refractivity (Wildman–Crippen MR) is 93.9 cm³/mol. The highest BCUT2D eigenvalue weighted by atomic mass is 16.2. The van der Waals surface area contributed by atoms with Crippen LogP contribution in [0.2, 0.25) is 0 Å². The van der Waals surface area contributed by atoms with Crippen molar-refractivity contribution in [3.05, 3.63) is 65.7 Å². The fourth-order valence-electron chi connectivity index (χ4n) is 3.21. The van der Waals surface area contributed by atoms with Gasteiger partial charge in [-0.3, -0.25) is 4.79 Å². The number of amides is 3. The third-order valence-corrected chi connectivity index (χ3v) is 4.35. The van der Waals surface area contributed by atoms with E-state index in [9.17, 15) is 9.59 Å². The number of benzene rings is 2. The van der Waals surface area contributed by atoms with Crippen LogP contribution in [-0.2, 0) is 6.42 Å². The molecule has 3 N–H and O–H groups in total. The third-order valence-electron chi connectivity index (χ3n) is 4.35. The van der Waals surface area contributed by atoms with Gasteiger partial charge in [0.25, 0.3) is 5.91 Å². The molecule has 1 saturated heterocycles. The lowest BCUT2D eigenvalue weighted by atomic mass is 10.0. The lowest BCUT2D eigenvalue weighted by Gasteiger charge is -2.25. The molecule has 0 aliphatic carbocycles. The average Bonchev–Trinajstić information content (AvgIpc) is 3.03. The first-order valence-electron chi connectivity index (χ1n) is 8.15. The maximum atomic E-state index is 12.8. The summed E-state index contributed by atoms with van der Waals surface area (Å²) in [5.74, 6) is 0.0408. The van der Waals surface area contributed by atoms with E-state index in [2.05, 4.69) is 17.4 Å². The Morgan fingerprint density at radius 1 is 1.08 bits per heavy atom. The van der Waals surface area contributed by atoms with Crippen molar-refractivity contribution < 1.29 is 9.59 Å². The minimum absolute atomic E-state index is 0.0408. The normalized spacial score (nSPS) is 16.8. The zero-order valence-electron chi connectivity index (χ0n) is 13.4. The van der Waals surface area contributed by atoms with Crippen LogP contribution in [0.3, 0.4) is 0 Å². The number of urea groups is 1. The molecule has 2 aromatic carbocycles. The number of nitrogens with one attached hydrogen (secondary N) is 1. The van der Waals surface area contributed by atoms with Crippen molar-refractivity contribution in [1.82, 2.24) is 4.90 Å². The van der Waals surface area contributed by atoms with E-state index >= 15 is 0 Å². The molecular weight excluding hydrogens is 302 g/mol. The van der Waals surface area contributed by atoms with Crippen molar-refractivity contribution >= 4 is 17.6 Å². The monoisotopic (exact) mass is 323 g/mol. The number of primary amides is 1. The average molecular weight is 323 g/mol. The van der Waals surface area contributed by atoms with E-state index in [4.69, 9.17) is 5.73 Å². The SMILES string of the molecule is NC(=O)Nc1ccc(C(=O)N2CCCC2Cc2ccccc2)cc1. The first-order valence-corrected chi connectivity index (χ1v) is 8.15. The Kier molecular flexibility index (Phi) is 4.79. The second-order valence-corrected chi connectivity index (χ2v) is 6.05. The lowest BCUT2D eigenvalue weighted by Crippen LogP contribution is -2.36. The summed E-state index contributed by atoms with van der Waals surface area (Å²) in [6, 6.07) is 16.7. The highest BCUT2D eigenvalue weighted by Gasteiger charge is 2.29. The highest BCUT2D eigenvalue weighted by molar-refractivity contribution is 5.95. The molecule has 124 valence electrons. The van der Waals surface area contributed by atoms with E-state index < -0.39 is 6.03 Å². The fraction of sp³-hybridized carbons (Fsp3) is 0.263. The van der Waals surface area contributed by atoms with E-state index in [1.807, 2.05) is 23.1 Å². The third kappa shape index (κ3) is 3.74. The van der Waals surface area contributed by atoms with E-state index in [-0.39, 0.29) is 11.9 Å². The summed E-state index contributed by atoms with van der Waals surface area (Å²) in [6.07, 6.45) is 2.94. The van der Waals surface area contributed by atoms with Gasteiger partial charge in [0.15, 0.2) is 0 Å². The van der Waals surface area contributed by atoms with Crippen LogP contribution >= 0.6 is 0 Å². The Labute approximate surface area is 141 Å². The van der Waals surface area contributed by atoms with Crippen LogP contribution in [0.15, 0.2) is 54.6 Å². The molecule has 0 spiro atoms. The minimum atomic E-state index is -0.614. The molecule has 5 heteroatoms. The Morgan fingerprint density at radius 2 is 1.79 bits per heavy atom. The molecule has 1 unspecified atom stereocenters. The Balaban J connectivity index is 1.70. The number of nitrogens with zero attached hydrogens (tertiary/aromatic N) is 1. The van der Waals surface area contributed by atoms with Crippen molar-refractivity contribution in [2.45, 2.75) is 25.3 Å². The number of likely N-dealkylation sites (tertiary alicyclic amines) is 1. The van der Waals surface area contributed by atoms with Gasteiger partial charge in [-0.25, -0.2) is 4.79 Å². The van der Waals surface area contributed by atoms with E-state index in [1.54, 1.807) is 24.3 Å². The smallest absolute Gasteiger partial charge is 0.316 e. The minimum Gasteiger partial charge on any atom is -0.351 e. The van der Waals surface area contributed by atoms with Crippen LogP contribution in [0.25, 0.3) is 0 Å². The Morgan fingerprint density at radius 3 is 2.46 bits per heavy atom. The van der Waals surface area contributed by atoms with Gasteiger partial charge in [0.1, 0.15) is 0 Å². The van der Waals surface area contributed by atoms with Crippen LogP contribution in [0.5, 0.6) is 0 Å². The van der Waals surface area contributed by atoms with Crippen molar-refractivity contribution in [1.29, 1.82) is 0 Å². The summed E-state index contributed by atoms with van der Waals surface area (Å²) < 4.78 is 0. The van der Waals surface area contributed by atoms with Gasteiger partial charge < -0.3 is 16.0 Å². The summed E-state index contributed by atoms with van der Waals surface area (Å²) in [5.41, 5.74) is 7.56. The standard InChI is InChI=1S/C19H21N3O2/c20-19(24)21-16-10-8-15(9-11-16)18(23)22-12-4-7-17(22)13-14-5-2-1-3-6-14/h1-3,5-6,8-11,17H,4,7,12-13H2,(H3,20,21,24). The van der Waals surface area contributed by atoms with Crippen molar-refractivity contribution in [3.8, 4) is 0 Å². The summed E-state index contributed by atoms with van der Waals surface area (Å²) in [6.45, 7) is 0.789. The second-order valence-electron chi connectivity index (χ2n) is 6.05. The van der Waals surface area contributed by atoms with E-state index in [0.29, 0.717) is 11.3 Å². The Hall–Kier alpha value is -2.82. The summed E-state index contributed by atoms with van der Waals surface area (Å²) in [4.78, 5) is 25.6. The first-order chi connectivity index (χ1) is 11.6. The highest BCUT2D eigenvalue weighted by Crippen LogP contribution is 2.24. The molecule has 0 bridgehead atoms. The molecule has 1 fully saturated rings. The number of carbonyl (C=O) groups excluding carboxylic acids is 2. The number of carbonyl (C=O) groups is 2. The number of rotatable bonds is 4. The molecular formula is C19H21N3O2. The Bertz CT molecular complexity index is 713. The van der Waals surface area contributed by atoms with Crippen molar-refractivity contribution in [3.63, 3.8) is 0 Å². The number of hydrogen-bond acceptors (Lipinski definition) is 2. The van der Waals surface area contributed by atoms with Gasteiger partial charge in [-0.05, 0) is 49.1 Å². The molecule has 0 aromatic heterocycles. The van der Waals surface area contributed by atoms with Crippen LogP contribution in [-0.4, -0.2) is 29.4 Å². The van der Waals surface area contributed by atoms with Crippen LogP contribution in [0.4, 0.5) is 10.5 Å². The van der Waals surface area contributed by atoms with Crippen LogP contribution in [0.1, 0.15) is 28.8 Å². The van der Waals surface area contributed by atoms with Gasteiger partial charge in [-0.15, -0.1) is 0 Å². The van der Waals surface area contributed by atoms with Gasteiger partial charge in [0, 0.05) is 23.8 Å². The molecule has 1 aliphatic heterocycles. The van der Waals surface area contributed by atoms with Gasteiger partial charge in [0.05, 0.1) is 0 Å². The van der Waals surface area contributed by atoms with Crippen LogP contribution in [0, 0.1) is 0 Å².